The fourth-order valence-corrected chi connectivity index (χ4v) is 3.06. The van der Waals surface area contributed by atoms with Gasteiger partial charge in [-0.2, -0.15) is 5.10 Å². The van der Waals surface area contributed by atoms with Crippen LogP contribution in [0.4, 0.5) is 5.69 Å². The standard InChI is InChI=1S/C15H26N4O/c1-10-6-5-7-13(8-10)18(4)14(20)9-19-12(3)15(16)11(2)17-19/h10,13H,5-9,16H2,1-4H3. The molecule has 1 heterocycles. The Kier molecular flexibility index (Phi) is 4.35. The molecule has 1 saturated carbocycles. The first kappa shape index (κ1) is 14.9. The number of aryl methyl sites for hydroxylation is 1. The third-order valence-corrected chi connectivity index (χ3v) is 4.57. The number of aromatic nitrogens is 2. The Hall–Kier alpha value is -1.52. The van der Waals surface area contributed by atoms with Gasteiger partial charge >= 0.3 is 0 Å². The van der Waals surface area contributed by atoms with E-state index in [-0.39, 0.29) is 12.5 Å². The number of anilines is 1. The minimum absolute atomic E-state index is 0.120. The Bertz CT molecular complexity index is 494. The van der Waals surface area contributed by atoms with E-state index in [2.05, 4.69) is 12.0 Å². The van der Waals surface area contributed by atoms with Crippen molar-refractivity contribution in [2.24, 2.45) is 5.92 Å². The summed E-state index contributed by atoms with van der Waals surface area (Å²) in [4.78, 5) is 14.3. The molecule has 0 bridgehead atoms. The van der Waals surface area contributed by atoms with Gasteiger partial charge in [0.1, 0.15) is 6.54 Å². The third kappa shape index (κ3) is 2.97. The van der Waals surface area contributed by atoms with Crippen molar-refractivity contribution in [2.45, 2.75) is 59.0 Å². The molecule has 1 aliphatic rings. The first-order chi connectivity index (χ1) is 9.40. The minimum Gasteiger partial charge on any atom is -0.396 e. The zero-order chi connectivity index (χ0) is 14.9. The van der Waals surface area contributed by atoms with Gasteiger partial charge in [0.2, 0.25) is 5.91 Å². The van der Waals surface area contributed by atoms with Gasteiger partial charge < -0.3 is 10.6 Å². The third-order valence-electron chi connectivity index (χ3n) is 4.57. The van der Waals surface area contributed by atoms with Crippen LogP contribution in [0.3, 0.4) is 0 Å². The van der Waals surface area contributed by atoms with Crippen LogP contribution in [0.5, 0.6) is 0 Å². The highest BCUT2D eigenvalue weighted by molar-refractivity contribution is 5.76. The average molecular weight is 278 g/mol. The van der Waals surface area contributed by atoms with E-state index in [0.29, 0.717) is 17.6 Å². The largest absolute Gasteiger partial charge is 0.396 e. The summed E-state index contributed by atoms with van der Waals surface area (Å²) in [6, 6.07) is 0.376. The number of nitrogens with two attached hydrogens (primary N) is 1. The Morgan fingerprint density at radius 3 is 2.70 bits per heavy atom. The van der Waals surface area contributed by atoms with Crippen molar-refractivity contribution in [1.29, 1.82) is 0 Å². The predicted molar refractivity (Wildman–Crippen MR) is 80.3 cm³/mol. The fourth-order valence-electron chi connectivity index (χ4n) is 3.06. The lowest BCUT2D eigenvalue weighted by atomic mass is 9.86. The first-order valence-electron chi connectivity index (χ1n) is 7.45. The summed E-state index contributed by atoms with van der Waals surface area (Å²) in [6.07, 6.45) is 4.73. The monoisotopic (exact) mass is 278 g/mol. The molecule has 0 radical (unpaired) electrons. The van der Waals surface area contributed by atoms with Gasteiger partial charge in [-0.15, -0.1) is 0 Å². The molecule has 5 nitrogen and oxygen atoms in total. The number of likely N-dealkylation sites (N-methyl/N-ethyl adjacent to an activating group) is 1. The van der Waals surface area contributed by atoms with Crippen molar-refractivity contribution in [3.63, 3.8) is 0 Å². The SMILES string of the molecule is Cc1nn(CC(=O)N(C)C2CCCC(C)C2)c(C)c1N. The van der Waals surface area contributed by atoms with Crippen molar-refractivity contribution in [1.82, 2.24) is 14.7 Å². The van der Waals surface area contributed by atoms with E-state index in [1.54, 1.807) is 4.68 Å². The maximum absolute atomic E-state index is 12.4. The van der Waals surface area contributed by atoms with Crippen LogP contribution in [0.2, 0.25) is 0 Å². The van der Waals surface area contributed by atoms with E-state index in [0.717, 1.165) is 24.2 Å². The molecule has 5 heteroatoms. The van der Waals surface area contributed by atoms with E-state index in [4.69, 9.17) is 5.73 Å². The molecular formula is C15H26N4O. The van der Waals surface area contributed by atoms with Gasteiger partial charge in [-0.25, -0.2) is 0 Å². The zero-order valence-electron chi connectivity index (χ0n) is 13.0. The predicted octanol–water partition coefficient (Wildman–Crippen LogP) is 2.12. The number of amides is 1. The van der Waals surface area contributed by atoms with Crippen LogP contribution in [-0.2, 0) is 11.3 Å². The molecule has 112 valence electrons. The van der Waals surface area contributed by atoms with Crippen LogP contribution in [0.25, 0.3) is 0 Å². The summed E-state index contributed by atoms with van der Waals surface area (Å²) in [5, 5.41) is 4.34. The molecule has 2 N–H and O–H groups in total. The van der Waals surface area contributed by atoms with Gasteiger partial charge in [0.25, 0.3) is 0 Å². The molecule has 20 heavy (non-hydrogen) atoms. The molecule has 0 spiro atoms. The lowest BCUT2D eigenvalue weighted by molar-refractivity contribution is -0.133. The number of carbonyl (C=O) groups is 1. The van der Waals surface area contributed by atoms with Crippen molar-refractivity contribution < 1.29 is 4.79 Å². The number of rotatable bonds is 3. The quantitative estimate of drug-likeness (QED) is 0.921. The second-order valence-corrected chi connectivity index (χ2v) is 6.17. The normalized spacial score (nSPS) is 22.8. The van der Waals surface area contributed by atoms with Crippen LogP contribution >= 0.6 is 0 Å². The Balaban J connectivity index is 2.02. The van der Waals surface area contributed by atoms with Gasteiger partial charge in [0, 0.05) is 13.1 Å². The van der Waals surface area contributed by atoms with E-state index in [9.17, 15) is 4.79 Å². The van der Waals surface area contributed by atoms with E-state index in [1.807, 2.05) is 25.8 Å². The summed E-state index contributed by atoms with van der Waals surface area (Å²) in [6.45, 7) is 6.33. The summed E-state index contributed by atoms with van der Waals surface area (Å²) in [5.41, 5.74) is 8.27. The molecule has 1 fully saturated rings. The van der Waals surface area contributed by atoms with Crippen molar-refractivity contribution in [3.05, 3.63) is 11.4 Å². The highest BCUT2D eigenvalue weighted by Gasteiger charge is 2.26. The molecule has 1 amide bonds. The topological polar surface area (TPSA) is 64.2 Å². The van der Waals surface area contributed by atoms with E-state index in [1.165, 1.54) is 12.8 Å². The Morgan fingerprint density at radius 2 is 2.15 bits per heavy atom. The first-order valence-corrected chi connectivity index (χ1v) is 7.45. The fraction of sp³-hybridized carbons (Fsp3) is 0.733. The summed E-state index contributed by atoms with van der Waals surface area (Å²) < 4.78 is 1.72. The maximum Gasteiger partial charge on any atom is 0.244 e. The molecule has 0 aliphatic heterocycles. The average Bonchev–Trinajstić information content (AvgIpc) is 2.65. The van der Waals surface area contributed by atoms with Gasteiger partial charge in [0.15, 0.2) is 0 Å². The molecule has 0 aromatic carbocycles. The van der Waals surface area contributed by atoms with Crippen molar-refractivity contribution >= 4 is 11.6 Å². The zero-order valence-corrected chi connectivity index (χ0v) is 13.0. The summed E-state index contributed by atoms with van der Waals surface area (Å²) in [5.74, 6) is 0.836. The minimum atomic E-state index is 0.120. The second-order valence-electron chi connectivity index (χ2n) is 6.17. The van der Waals surface area contributed by atoms with Gasteiger partial charge in [-0.1, -0.05) is 19.8 Å². The van der Waals surface area contributed by atoms with Crippen LogP contribution in [0.15, 0.2) is 0 Å². The Morgan fingerprint density at radius 1 is 1.45 bits per heavy atom. The summed E-state index contributed by atoms with van der Waals surface area (Å²) >= 11 is 0. The highest BCUT2D eigenvalue weighted by atomic mass is 16.2. The molecule has 1 aliphatic carbocycles. The lowest BCUT2D eigenvalue weighted by Gasteiger charge is -2.34. The highest BCUT2D eigenvalue weighted by Crippen LogP contribution is 2.27. The molecule has 2 rings (SSSR count). The number of hydrogen-bond acceptors (Lipinski definition) is 3. The van der Waals surface area contributed by atoms with Crippen LogP contribution in [0.1, 0.15) is 44.0 Å². The second kappa shape index (κ2) is 5.85. The smallest absolute Gasteiger partial charge is 0.244 e. The lowest BCUT2D eigenvalue weighted by Crippen LogP contribution is -2.41. The molecule has 1 aromatic heterocycles. The van der Waals surface area contributed by atoms with Crippen LogP contribution in [-0.4, -0.2) is 33.7 Å². The molecular weight excluding hydrogens is 252 g/mol. The van der Waals surface area contributed by atoms with Crippen LogP contribution < -0.4 is 5.73 Å². The summed E-state index contributed by atoms with van der Waals surface area (Å²) in [7, 11) is 1.92. The van der Waals surface area contributed by atoms with Crippen molar-refractivity contribution in [2.75, 3.05) is 12.8 Å². The van der Waals surface area contributed by atoms with E-state index >= 15 is 0 Å². The van der Waals surface area contributed by atoms with E-state index < -0.39 is 0 Å². The number of nitrogens with zero attached hydrogens (tertiary/aromatic N) is 3. The maximum atomic E-state index is 12.4. The molecule has 1 aromatic rings. The Labute approximate surface area is 121 Å². The molecule has 2 unspecified atom stereocenters. The number of hydrogen-bond donors (Lipinski definition) is 1. The van der Waals surface area contributed by atoms with Gasteiger partial charge in [0.05, 0.1) is 17.1 Å². The van der Waals surface area contributed by atoms with Gasteiger partial charge in [-0.05, 0) is 32.6 Å². The number of carbonyl (C=O) groups excluding carboxylic acids is 1. The van der Waals surface area contributed by atoms with Crippen molar-refractivity contribution in [3.8, 4) is 0 Å². The van der Waals surface area contributed by atoms with Gasteiger partial charge in [-0.3, -0.25) is 9.48 Å². The molecule has 2 atom stereocenters. The van der Waals surface area contributed by atoms with Crippen LogP contribution in [0, 0.1) is 19.8 Å². The number of nitrogen functional groups attached to an aromatic ring is 1. The molecule has 0 saturated heterocycles.